The summed E-state index contributed by atoms with van der Waals surface area (Å²) in [7, 11) is 0. The largest absolute Gasteiger partial charge is 0.493 e. The summed E-state index contributed by atoms with van der Waals surface area (Å²) in [6.07, 6.45) is 3.29. The van der Waals surface area contributed by atoms with E-state index in [-0.39, 0.29) is 17.4 Å². The summed E-state index contributed by atoms with van der Waals surface area (Å²) in [4.78, 5) is 19.0. The fourth-order valence-electron chi connectivity index (χ4n) is 2.95. The number of aromatic hydroxyl groups is 1. The summed E-state index contributed by atoms with van der Waals surface area (Å²) in [5.41, 5.74) is 2.84. The highest BCUT2D eigenvalue weighted by molar-refractivity contribution is 5.32. The first-order chi connectivity index (χ1) is 9.69. The molecule has 1 heterocycles. The van der Waals surface area contributed by atoms with Gasteiger partial charge in [0.15, 0.2) is 0 Å². The third-order valence-corrected chi connectivity index (χ3v) is 4.10. The average Bonchev–Trinajstić information content (AvgIpc) is 2.46. The van der Waals surface area contributed by atoms with Crippen LogP contribution < -0.4 is 5.56 Å². The number of hydrogen-bond donors (Lipinski definition) is 2. The molecule has 0 aliphatic heterocycles. The lowest BCUT2D eigenvalue weighted by Gasteiger charge is -2.23. The zero-order valence-corrected chi connectivity index (χ0v) is 11.5. The Morgan fingerprint density at radius 1 is 1.35 bits per heavy atom. The Balaban J connectivity index is 1.94. The van der Waals surface area contributed by atoms with Gasteiger partial charge in [-0.05, 0) is 36.8 Å². The van der Waals surface area contributed by atoms with Crippen molar-refractivity contribution in [3.63, 3.8) is 0 Å². The third-order valence-electron chi connectivity index (χ3n) is 4.10. The number of rotatable bonds is 2. The van der Waals surface area contributed by atoms with Crippen molar-refractivity contribution in [3.8, 4) is 5.88 Å². The molecule has 4 nitrogen and oxygen atoms in total. The summed E-state index contributed by atoms with van der Waals surface area (Å²) in [5.74, 6) is 0.665. The number of hydrogen-bond acceptors (Lipinski definition) is 3. The van der Waals surface area contributed by atoms with Crippen molar-refractivity contribution < 1.29 is 5.11 Å². The molecule has 0 fully saturated rings. The molecule has 0 amide bonds. The van der Waals surface area contributed by atoms with Crippen LogP contribution in [0.2, 0.25) is 0 Å². The van der Waals surface area contributed by atoms with E-state index < -0.39 is 0 Å². The van der Waals surface area contributed by atoms with E-state index in [2.05, 4.69) is 28.2 Å². The molecule has 2 aromatic rings. The molecule has 3 rings (SSSR count). The lowest BCUT2D eigenvalue weighted by molar-refractivity contribution is 0.432. The van der Waals surface area contributed by atoms with Crippen LogP contribution in [0.3, 0.4) is 0 Å². The van der Waals surface area contributed by atoms with Crippen molar-refractivity contribution in [2.24, 2.45) is 0 Å². The second-order valence-electron chi connectivity index (χ2n) is 5.32. The van der Waals surface area contributed by atoms with Gasteiger partial charge in [-0.25, -0.2) is 0 Å². The van der Waals surface area contributed by atoms with Gasteiger partial charge in [-0.15, -0.1) is 0 Å². The maximum absolute atomic E-state index is 11.9. The molecule has 0 spiro atoms. The van der Waals surface area contributed by atoms with E-state index in [1.165, 1.54) is 11.1 Å². The van der Waals surface area contributed by atoms with Crippen LogP contribution in [-0.2, 0) is 19.3 Å². The average molecular weight is 270 g/mol. The van der Waals surface area contributed by atoms with Gasteiger partial charge in [0.1, 0.15) is 5.82 Å². The zero-order valence-electron chi connectivity index (χ0n) is 11.5. The molecular formula is C16H18N2O2. The fraction of sp³-hybridized carbons (Fsp3) is 0.375. The molecule has 1 atom stereocenters. The SMILES string of the molecule is CCc1c(O)nc(C2CCc3ccccc3C2)[nH]c1=O. The van der Waals surface area contributed by atoms with Gasteiger partial charge < -0.3 is 10.1 Å². The molecule has 2 N–H and O–H groups in total. The van der Waals surface area contributed by atoms with Crippen molar-refractivity contribution in [1.82, 2.24) is 9.97 Å². The van der Waals surface area contributed by atoms with Gasteiger partial charge in [0, 0.05) is 5.92 Å². The molecule has 1 aromatic heterocycles. The van der Waals surface area contributed by atoms with E-state index in [9.17, 15) is 9.90 Å². The standard InChI is InChI=1S/C16H18N2O2/c1-2-13-15(19)17-14(18-16(13)20)12-8-7-10-5-3-4-6-11(10)9-12/h3-6,12H,2,7-9H2,1H3,(H2,17,18,19,20). The van der Waals surface area contributed by atoms with Crippen LogP contribution in [0.25, 0.3) is 0 Å². The maximum atomic E-state index is 11.9. The van der Waals surface area contributed by atoms with E-state index >= 15 is 0 Å². The second-order valence-corrected chi connectivity index (χ2v) is 5.32. The topological polar surface area (TPSA) is 66.0 Å². The summed E-state index contributed by atoms with van der Waals surface area (Å²) < 4.78 is 0. The molecule has 1 aliphatic carbocycles. The van der Waals surface area contributed by atoms with Crippen LogP contribution in [-0.4, -0.2) is 15.1 Å². The smallest absolute Gasteiger partial charge is 0.257 e. The van der Waals surface area contributed by atoms with Gasteiger partial charge in [0.2, 0.25) is 5.88 Å². The van der Waals surface area contributed by atoms with Crippen LogP contribution in [0.5, 0.6) is 5.88 Å². The third kappa shape index (κ3) is 2.22. The minimum Gasteiger partial charge on any atom is -0.493 e. The Hall–Kier alpha value is -2.10. The molecule has 0 radical (unpaired) electrons. The Bertz CT molecular complexity index is 691. The van der Waals surface area contributed by atoms with Crippen LogP contribution in [0.4, 0.5) is 0 Å². The fourth-order valence-corrected chi connectivity index (χ4v) is 2.95. The van der Waals surface area contributed by atoms with E-state index in [1.807, 2.05) is 13.0 Å². The summed E-state index contributed by atoms with van der Waals surface area (Å²) in [5, 5.41) is 9.87. The summed E-state index contributed by atoms with van der Waals surface area (Å²) >= 11 is 0. The van der Waals surface area contributed by atoms with Gasteiger partial charge in [-0.3, -0.25) is 4.79 Å². The molecule has 0 saturated carbocycles. The first-order valence-electron chi connectivity index (χ1n) is 7.08. The molecule has 0 saturated heterocycles. The van der Waals surface area contributed by atoms with Crippen molar-refractivity contribution in [2.45, 2.75) is 38.5 Å². The van der Waals surface area contributed by atoms with E-state index in [0.717, 1.165) is 19.3 Å². The Morgan fingerprint density at radius 2 is 2.10 bits per heavy atom. The van der Waals surface area contributed by atoms with Crippen LogP contribution in [0, 0.1) is 0 Å². The monoisotopic (exact) mass is 270 g/mol. The maximum Gasteiger partial charge on any atom is 0.257 e. The number of aromatic nitrogens is 2. The number of benzene rings is 1. The second kappa shape index (κ2) is 5.12. The molecule has 0 bridgehead atoms. The molecular weight excluding hydrogens is 252 g/mol. The molecule has 104 valence electrons. The summed E-state index contributed by atoms with van der Waals surface area (Å²) in [6, 6.07) is 8.37. The van der Waals surface area contributed by atoms with Crippen LogP contribution >= 0.6 is 0 Å². The molecule has 20 heavy (non-hydrogen) atoms. The number of aromatic amines is 1. The molecule has 1 aliphatic rings. The number of nitrogens with one attached hydrogen (secondary N) is 1. The lowest BCUT2D eigenvalue weighted by atomic mass is 9.83. The van der Waals surface area contributed by atoms with Gasteiger partial charge in [-0.1, -0.05) is 31.2 Å². The normalized spacial score (nSPS) is 17.8. The number of H-pyrrole nitrogens is 1. The Kier molecular flexibility index (Phi) is 3.30. The highest BCUT2D eigenvalue weighted by Gasteiger charge is 2.23. The first-order valence-corrected chi connectivity index (χ1v) is 7.08. The van der Waals surface area contributed by atoms with Crippen molar-refractivity contribution in [3.05, 3.63) is 57.1 Å². The zero-order chi connectivity index (χ0) is 14.1. The van der Waals surface area contributed by atoms with Gasteiger partial charge >= 0.3 is 0 Å². The van der Waals surface area contributed by atoms with Crippen LogP contribution in [0.15, 0.2) is 29.1 Å². The van der Waals surface area contributed by atoms with Gasteiger partial charge in [0.25, 0.3) is 5.56 Å². The van der Waals surface area contributed by atoms with Crippen molar-refractivity contribution in [1.29, 1.82) is 0 Å². The van der Waals surface area contributed by atoms with Gasteiger partial charge in [0.05, 0.1) is 5.56 Å². The first kappa shape index (κ1) is 12.9. The van der Waals surface area contributed by atoms with E-state index in [4.69, 9.17) is 0 Å². The predicted octanol–water partition coefficient (Wildman–Crippen LogP) is 2.31. The highest BCUT2D eigenvalue weighted by Crippen LogP contribution is 2.31. The van der Waals surface area contributed by atoms with Gasteiger partial charge in [-0.2, -0.15) is 4.98 Å². The minimum absolute atomic E-state index is 0.120. The van der Waals surface area contributed by atoms with Crippen LogP contribution in [0.1, 0.15) is 41.8 Å². The summed E-state index contributed by atoms with van der Waals surface area (Å²) in [6.45, 7) is 1.84. The Morgan fingerprint density at radius 3 is 2.80 bits per heavy atom. The number of aryl methyl sites for hydroxylation is 1. The quantitative estimate of drug-likeness (QED) is 0.880. The minimum atomic E-state index is -0.214. The lowest BCUT2D eigenvalue weighted by Crippen LogP contribution is -2.21. The van der Waals surface area contributed by atoms with E-state index in [1.54, 1.807) is 0 Å². The van der Waals surface area contributed by atoms with Crippen molar-refractivity contribution in [2.75, 3.05) is 0 Å². The van der Waals surface area contributed by atoms with Crippen molar-refractivity contribution >= 4 is 0 Å². The molecule has 1 unspecified atom stereocenters. The number of fused-ring (bicyclic) bond motifs is 1. The number of nitrogens with zero attached hydrogens (tertiary/aromatic N) is 1. The van der Waals surface area contributed by atoms with E-state index in [0.29, 0.717) is 17.8 Å². The molecule has 1 aromatic carbocycles. The Labute approximate surface area is 117 Å². The highest BCUT2D eigenvalue weighted by atomic mass is 16.3. The predicted molar refractivity (Wildman–Crippen MR) is 77.1 cm³/mol. The molecule has 4 heteroatoms.